The maximum atomic E-state index is 10.8. The Hall–Kier alpha value is 0.346. The Kier molecular flexibility index (Phi) is 3.51. The molecule has 0 aliphatic heterocycles. The van der Waals surface area contributed by atoms with E-state index in [0.29, 0.717) is 20.9 Å². The minimum atomic E-state index is 0. The molecule has 0 saturated heterocycles. The number of nitrogens with zero attached hydrogens (tertiary/aromatic N) is 3. The molecule has 0 unspecified atom stereocenters. The number of benzene rings is 1. The molecule has 2 aromatic rings. The summed E-state index contributed by atoms with van der Waals surface area (Å²) in [5.41, 5.74) is 0.849. The van der Waals surface area contributed by atoms with Crippen LogP contribution in [0.15, 0.2) is 18.2 Å². The molecule has 0 radical (unpaired) electrons. The molecular formula is C6H3ClKN3O. The first kappa shape index (κ1) is 10.4. The Morgan fingerprint density at radius 3 is 2.83 bits per heavy atom. The quantitative estimate of drug-likeness (QED) is 0.491. The average molecular weight is 208 g/mol. The second-order valence-electron chi connectivity index (χ2n) is 2.07. The molecule has 0 bridgehead atoms. The van der Waals surface area contributed by atoms with E-state index in [1.165, 1.54) is 0 Å². The molecule has 0 aliphatic rings. The molecule has 0 spiro atoms. The fourth-order valence-electron chi connectivity index (χ4n) is 0.891. The van der Waals surface area contributed by atoms with Gasteiger partial charge in [-0.3, -0.25) is 4.85 Å². The van der Waals surface area contributed by atoms with Gasteiger partial charge in [-0.25, -0.2) is 0 Å². The number of hydrogen-bond donors (Lipinski definition) is 0. The monoisotopic (exact) mass is 207 g/mol. The molecule has 0 N–H and O–H groups in total. The largest absolute Gasteiger partial charge is 1.00 e. The van der Waals surface area contributed by atoms with Gasteiger partial charge in [0.05, 0.1) is 10.5 Å². The third-order valence-electron chi connectivity index (χ3n) is 1.40. The van der Waals surface area contributed by atoms with E-state index < -0.39 is 0 Å². The van der Waals surface area contributed by atoms with Gasteiger partial charge in [0, 0.05) is 0 Å². The summed E-state index contributed by atoms with van der Waals surface area (Å²) >= 11 is 5.72. The Labute approximate surface area is 116 Å². The Balaban J connectivity index is 0.000000720. The van der Waals surface area contributed by atoms with E-state index in [1.807, 2.05) is 0 Å². The van der Waals surface area contributed by atoms with Gasteiger partial charge in [-0.1, -0.05) is 22.9 Å². The molecular weight excluding hydrogens is 205 g/mol. The second-order valence-corrected chi connectivity index (χ2v) is 2.48. The summed E-state index contributed by atoms with van der Waals surface area (Å²) in [5.74, 6) is 0. The van der Waals surface area contributed by atoms with Crippen LogP contribution < -0.4 is 51.4 Å². The zero-order valence-corrected chi connectivity index (χ0v) is 10.2. The second kappa shape index (κ2) is 4.04. The van der Waals surface area contributed by atoms with Crippen LogP contribution in [-0.2, 0) is 0 Å². The molecule has 12 heavy (non-hydrogen) atoms. The van der Waals surface area contributed by atoms with E-state index in [2.05, 4.69) is 10.3 Å². The van der Waals surface area contributed by atoms with Crippen LogP contribution in [0.25, 0.3) is 11.0 Å². The molecule has 6 heteroatoms. The minimum absolute atomic E-state index is 0. The maximum absolute atomic E-state index is 10.8. The molecule has 1 heterocycles. The van der Waals surface area contributed by atoms with Gasteiger partial charge in [-0.2, -0.15) is 0 Å². The van der Waals surface area contributed by atoms with E-state index in [4.69, 9.17) is 11.6 Å². The van der Waals surface area contributed by atoms with Crippen molar-refractivity contribution in [2.75, 3.05) is 0 Å². The van der Waals surface area contributed by atoms with E-state index in [0.717, 1.165) is 0 Å². The predicted molar refractivity (Wildman–Crippen MR) is 41.3 cm³/mol. The van der Waals surface area contributed by atoms with Gasteiger partial charge in [-0.05, 0) is 12.1 Å². The molecule has 0 amide bonds. The third-order valence-corrected chi connectivity index (χ3v) is 1.70. The zero-order chi connectivity index (χ0) is 7.84. The van der Waals surface area contributed by atoms with Crippen molar-refractivity contribution in [1.82, 2.24) is 15.2 Å². The van der Waals surface area contributed by atoms with Crippen LogP contribution in [0.4, 0.5) is 0 Å². The van der Waals surface area contributed by atoms with Crippen LogP contribution >= 0.6 is 11.6 Å². The smallest absolute Gasteiger partial charge is 0.789 e. The summed E-state index contributed by atoms with van der Waals surface area (Å²) in [5, 5.41) is 18.1. The van der Waals surface area contributed by atoms with Gasteiger partial charge >= 0.3 is 51.4 Å². The van der Waals surface area contributed by atoms with Crippen molar-refractivity contribution in [3.05, 3.63) is 28.4 Å². The van der Waals surface area contributed by atoms with Crippen LogP contribution in [-0.4, -0.2) is 15.2 Å². The molecule has 4 nitrogen and oxygen atoms in total. The fraction of sp³-hybridized carbons (Fsp3) is 0. The first-order valence-electron chi connectivity index (χ1n) is 2.96. The molecule has 1 aromatic heterocycles. The number of aromatic nitrogens is 3. The van der Waals surface area contributed by atoms with Gasteiger partial charge < -0.3 is 5.21 Å². The Bertz CT molecular complexity index is 403. The van der Waals surface area contributed by atoms with Crippen LogP contribution in [0.1, 0.15) is 0 Å². The maximum Gasteiger partial charge on any atom is 1.00 e. The number of halogens is 1. The molecule has 2 rings (SSSR count). The van der Waals surface area contributed by atoms with Crippen LogP contribution in [0.3, 0.4) is 0 Å². The topological polar surface area (TPSA) is 53.8 Å². The van der Waals surface area contributed by atoms with Crippen molar-refractivity contribution in [2.24, 2.45) is 0 Å². The van der Waals surface area contributed by atoms with Crippen molar-refractivity contribution in [3.8, 4) is 0 Å². The van der Waals surface area contributed by atoms with Crippen LogP contribution in [0.2, 0.25) is 5.02 Å². The minimum Gasteiger partial charge on any atom is -0.789 e. The van der Waals surface area contributed by atoms with Gasteiger partial charge in [0.15, 0.2) is 0 Å². The predicted octanol–water partition coefficient (Wildman–Crippen LogP) is -1.57. The molecule has 0 atom stereocenters. The van der Waals surface area contributed by atoms with Gasteiger partial charge in [0.2, 0.25) is 0 Å². The van der Waals surface area contributed by atoms with Gasteiger partial charge in [-0.15, -0.1) is 5.10 Å². The van der Waals surface area contributed by atoms with Crippen LogP contribution in [0.5, 0.6) is 0 Å². The zero-order valence-electron chi connectivity index (χ0n) is 6.36. The molecule has 0 saturated carbocycles. The summed E-state index contributed by atoms with van der Waals surface area (Å²) in [6, 6.07) is 4.97. The summed E-state index contributed by atoms with van der Waals surface area (Å²) in [4.78, 5) is 0.446. The van der Waals surface area contributed by atoms with Crippen molar-refractivity contribution in [1.29, 1.82) is 0 Å². The van der Waals surface area contributed by atoms with Crippen molar-refractivity contribution in [2.45, 2.75) is 0 Å². The van der Waals surface area contributed by atoms with Crippen molar-refractivity contribution in [3.63, 3.8) is 0 Å². The van der Waals surface area contributed by atoms with E-state index in [1.54, 1.807) is 18.2 Å². The normalized spacial score (nSPS) is 9.75. The van der Waals surface area contributed by atoms with Gasteiger partial charge in [0.1, 0.15) is 5.52 Å². The summed E-state index contributed by atoms with van der Waals surface area (Å²) in [6.07, 6.45) is 0. The van der Waals surface area contributed by atoms with E-state index in [9.17, 15) is 5.21 Å². The van der Waals surface area contributed by atoms with Crippen molar-refractivity contribution >= 4 is 22.6 Å². The Morgan fingerprint density at radius 1 is 1.42 bits per heavy atom. The average Bonchev–Trinajstić information content (AvgIpc) is 2.35. The molecule has 1 aromatic carbocycles. The molecule has 0 aliphatic carbocycles. The molecule has 0 fully saturated rings. The number of rotatable bonds is 0. The fourth-order valence-corrected chi connectivity index (χ4v) is 1.10. The van der Waals surface area contributed by atoms with Crippen molar-refractivity contribution < 1.29 is 51.4 Å². The van der Waals surface area contributed by atoms with Crippen LogP contribution in [0, 0.1) is 5.21 Å². The van der Waals surface area contributed by atoms with E-state index in [-0.39, 0.29) is 51.4 Å². The summed E-state index contributed by atoms with van der Waals surface area (Å²) in [6.45, 7) is 0. The first-order valence-corrected chi connectivity index (χ1v) is 3.34. The standard InChI is InChI=1S/C6H3ClN3O.K/c7-4-2-1-3-5-6(4)8-9-10(5)11;/h1-3H;/q-1;+1. The Morgan fingerprint density at radius 2 is 2.17 bits per heavy atom. The van der Waals surface area contributed by atoms with E-state index >= 15 is 0 Å². The number of fused-ring (bicyclic) bond motifs is 1. The summed E-state index contributed by atoms with van der Waals surface area (Å²) < 4.78 is 0. The first-order chi connectivity index (χ1) is 5.29. The molecule has 56 valence electrons. The SMILES string of the molecule is [K+].[O-]n1nnc2c(Cl)cccc21. The van der Waals surface area contributed by atoms with Gasteiger partial charge in [0.25, 0.3) is 0 Å². The third kappa shape index (κ3) is 1.66. The summed E-state index contributed by atoms with van der Waals surface area (Å²) in [7, 11) is 0. The number of hydrogen-bond acceptors (Lipinski definition) is 3.